The molecule has 0 spiro atoms. The molecule has 0 amide bonds. The van der Waals surface area contributed by atoms with E-state index in [2.05, 4.69) is 24.0 Å². The first kappa shape index (κ1) is 11.1. The van der Waals surface area contributed by atoms with Crippen LogP contribution in [-0.2, 0) is 6.42 Å². The molecule has 4 nitrogen and oxygen atoms in total. The molecule has 0 fully saturated rings. The molecule has 0 unspecified atom stereocenters. The van der Waals surface area contributed by atoms with Gasteiger partial charge < -0.3 is 10.3 Å². The summed E-state index contributed by atoms with van der Waals surface area (Å²) < 4.78 is 5.26. The highest BCUT2D eigenvalue weighted by molar-refractivity contribution is 7.09. The number of nitrogens with two attached hydrogens (primary N) is 1. The van der Waals surface area contributed by atoms with Crippen molar-refractivity contribution in [1.82, 2.24) is 10.1 Å². The van der Waals surface area contributed by atoms with E-state index in [0.717, 1.165) is 28.4 Å². The van der Waals surface area contributed by atoms with Crippen LogP contribution in [0.3, 0.4) is 0 Å². The zero-order valence-electron chi connectivity index (χ0n) is 9.65. The molecule has 0 saturated carbocycles. The van der Waals surface area contributed by atoms with Crippen LogP contribution in [-0.4, -0.2) is 10.1 Å². The predicted octanol–water partition coefficient (Wildman–Crippen LogP) is 2.89. The quantitative estimate of drug-likeness (QED) is 0.891. The van der Waals surface area contributed by atoms with Crippen LogP contribution in [0, 0.1) is 12.8 Å². The third-order valence-electron chi connectivity index (χ3n) is 2.28. The van der Waals surface area contributed by atoms with Gasteiger partial charge in [0.1, 0.15) is 5.69 Å². The molecule has 0 aromatic carbocycles. The summed E-state index contributed by atoms with van der Waals surface area (Å²) in [6.45, 7) is 6.25. The zero-order valence-corrected chi connectivity index (χ0v) is 10.5. The minimum Gasteiger partial charge on any atom is -0.381 e. The Balaban J connectivity index is 2.41. The van der Waals surface area contributed by atoms with Crippen molar-refractivity contribution in [2.45, 2.75) is 27.2 Å². The molecule has 0 radical (unpaired) electrons. The minimum atomic E-state index is 0.481. The Hall–Kier alpha value is -1.36. The maximum absolute atomic E-state index is 5.80. The molecule has 86 valence electrons. The van der Waals surface area contributed by atoms with E-state index in [1.807, 2.05) is 12.3 Å². The normalized spacial score (nSPS) is 11.2. The summed E-state index contributed by atoms with van der Waals surface area (Å²) in [7, 11) is 0. The van der Waals surface area contributed by atoms with Crippen LogP contribution >= 0.6 is 11.3 Å². The van der Waals surface area contributed by atoms with E-state index in [1.165, 1.54) is 0 Å². The Kier molecular flexibility index (Phi) is 2.96. The first-order valence-corrected chi connectivity index (χ1v) is 6.12. The number of hydrogen-bond donors (Lipinski definition) is 1. The molecule has 2 aromatic rings. The third-order valence-corrected chi connectivity index (χ3v) is 3.06. The van der Waals surface area contributed by atoms with Crippen LogP contribution in [0.4, 0.5) is 5.82 Å². The standard InChI is InChI=1S/C11H15N3OS/c1-6(2)4-8-10(15-14-11(8)12)9-5-16-7(3)13-9/h5-6H,4H2,1-3H3,(H2,12,14). The lowest BCUT2D eigenvalue weighted by molar-refractivity contribution is 0.433. The molecule has 0 atom stereocenters. The summed E-state index contributed by atoms with van der Waals surface area (Å²) in [5.41, 5.74) is 7.61. The summed E-state index contributed by atoms with van der Waals surface area (Å²) in [6.07, 6.45) is 0.862. The Labute approximate surface area is 98.5 Å². The van der Waals surface area contributed by atoms with Crippen molar-refractivity contribution in [3.05, 3.63) is 16.0 Å². The monoisotopic (exact) mass is 237 g/mol. The van der Waals surface area contributed by atoms with Gasteiger partial charge in [0, 0.05) is 10.9 Å². The van der Waals surface area contributed by atoms with Gasteiger partial charge in [0.25, 0.3) is 0 Å². The van der Waals surface area contributed by atoms with Crippen LogP contribution in [0.1, 0.15) is 24.4 Å². The molecule has 0 saturated heterocycles. The number of aromatic nitrogens is 2. The van der Waals surface area contributed by atoms with Crippen molar-refractivity contribution < 1.29 is 4.52 Å². The van der Waals surface area contributed by atoms with E-state index in [4.69, 9.17) is 10.3 Å². The van der Waals surface area contributed by atoms with E-state index in [1.54, 1.807) is 11.3 Å². The Morgan fingerprint density at radius 2 is 2.25 bits per heavy atom. The van der Waals surface area contributed by atoms with Crippen LogP contribution in [0.15, 0.2) is 9.90 Å². The second-order valence-electron chi connectivity index (χ2n) is 4.23. The highest BCUT2D eigenvalue weighted by atomic mass is 32.1. The summed E-state index contributed by atoms with van der Waals surface area (Å²) in [4.78, 5) is 4.39. The fraction of sp³-hybridized carbons (Fsp3) is 0.455. The van der Waals surface area contributed by atoms with Crippen LogP contribution in [0.5, 0.6) is 0 Å². The molecule has 0 aliphatic heterocycles. The van der Waals surface area contributed by atoms with Gasteiger partial charge >= 0.3 is 0 Å². The molecular weight excluding hydrogens is 222 g/mol. The summed E-state index contributed by atoms with van der Waals surface area (Å²) >= 11 is 1.60. The highest BCUT2D eigenvalue weighted by Crippen LogP contribution is 2.30. The van der Waals surface area contributed by atoms with Gasteiger partial charge in [-0.25, -0.2) is 4.98 Å². The highest BCUT2D eigenvalue weighted by Gasteiger charge is 2.18. The van der Waals surface area contributed by atoms with Crippen molar-refractivity contribution in [3.8, 4) is 11.5 Å². The fourth-order valence-electron chi connectivity index (χ4n) is 1.60. The Morgan fingerprint density at radius 3 is 2.81 bits per heavy atom. The van der Waals surface area contributed by atoms with Crippen molar-refractivity contribution in [3.63, 3.8) is 0 Å². The zero-order chi connectivity index (χ0) is 11.7. The largest absolute Gasteiger partial charge is 0.381 e. The number of hydrogen-bond acceptors (Lipinski definition) is 5. The molecule has 2 N–H and O–H groups in total. The number of nitrogens with zero attached hydrogens (tertiary/aromatic N) is 2. The number of rotatable bonds is 3. The van der Waals surface area contributed by atoms with E-state index in [-0.39, 0.29) is 0 Å². The molecular formula is C11H15N3OS. The van der Waals surface area contributed by atoms with Crippen LogP contribution in [0.25, 0.3) is 11.5 Å². The molecule has 2 rings (SSSR count). The lowest BCUT2D eigenvalue weighted by atomic mass is 10.0. The number of nitrogen functional groups attached to an aromatic ring is 1. The number of aryl methyl sites for hydroxylation is 1. The summed E-state index contributed by atoms with van der Waals surface area (Å²) in [6, 6.07) is 0. The van der Waals surface area contributed by atoms with Gasteiger partial charge in [-0.2, -0.15) is 0 Å². The molecule has 2 aromatic heterocycles. The van der Waals surface area contributed by atoms with Gasteiger partial charge in [-0.15, -0.1) is 11.3 Å². The first-order valence-electron chi connectivity index (χ1n) is 5.24. The van der Waals surface area contributed by atoms with Crippen LogP contribution in [0.2, 0.25) is 0 Å². The lowest BCUT2D eigenvalue weighted by Crippen LogP contribution is -1.99. The van der Waals surface area contributed by atoms with Crippen molar-refractivity contribution in [2.75, 3.05) is 5.73 Å². The van der Waals surface area contributed by atoms with E-state index >= 15 is 0 Å². The van der Waals surface area contributed by atoms with Crippen LogP contribution < -0.4 is 5.73 Å². The molecule has 16 heavy (non-hydrogen) atoms. The molecule has 0 aliphatic rings. The van der Waals surface area contributed by atoms with Crippen molar-refractivity contribution in [1.29, 1.82) is 0 Å². The van der Waals surface area contributed by atoms with Gasteiger partial charge in [-0.05, 0) is 19.3 Å². The maximum atomic E-state index is 5.80. The smallest absolute Gasteiger partial charge is 0.191 e. The van der Waals surface area contributed by atoms with E-state index in [0.29, 0.717) is 11.7 Å². The Bertz CT molecular complexity index is 487. The summed E-state index contributed by atoms with van der Waals surface area (Å²) in [5, 5.41) is 6.81. The summed E-state index contributed by atoms with van der Waals surface area (Å²) in [5.74, 6) is 1.71. The van der Waals surface area contributed by atoms with E-state index < -0.39 is 0 Å². The molecule has 0 aliphatic carbocycles. The second kappa shape index (κ2) is 4.25. The van der Waals surface area contributed by atoms with Gasteiger partial charge in [0.05, 0.1) is 5.01 Å². The van der Waals surface area contributed by atoms with Crippen molar-refractivity contribution >= 4 is 17.2 Å². The van der Waals surface area contributed by atoms with Gasteiger partial charge in [0.15, 0.2) is 11.6 Å². The van der Waals surface area contributed by atoms with Gasteiger partial charge in [0.2, 0.25) is 0 Å². The molecule has 2 heterocycles. The number of anilines is 1. The van der Waals surface area contributed by atoms with Crippen molar-refractivity contribution in [2.24, 2.45) is 5.92 Å². The average Bonchev–Trinajstić information content (AvgIpc) is 2.75. The average molecular weight is 237 g/mol. The SMILES string of the molecule is Cc1nc(-c2onc(N)c2CC(C)C)cs1. The predicted molar refractivity (Wildman–Crippen MR) is 65.3 cm³/mol. The first-order chi connectivity index (χ1) is 7.58. The minimum absolute atomic E-state index is 0.481. The fourth-order valence-corrected chi connectivity index (χ4v) is 2.19. The second-order valence-corrected chi connectivity index (χ2v) is 5.29. The maximum Gasteiger partial charge on any atom is 0.191 e. The van der Waals surface area contributed by atoms with Gasteiger partial charge in [-0.1, -0.05) is 19.0 Å². The third kappa shape index (κ3) is 2.09. The molecule has 5 heteroatoms. The Morgan fingerprint density at radius 1 is 1.50 bits per heavy atom. The van der Waals surface area contributed by atoms with E-state index in [9.17, 15) is 0 Å². The van der Waals surface area contributed by atoms with Gasteiger partial charge in [-0.3, -0.25) is 0 Å². The molecule has 0 bridgehead atoms. The number of thiazole rings is 1. The lowest BCUT2D eigenvalue weighted by Gasteiger charge is -2.03. The topological polar surface area (TPSA) is 64.9 Å².